The summed E-state index contributed by atoms with van der Waals surface area (Å²) in [4.78, 5) is 0. The van der Waals surface area contributed by atoms with Crippen molar-refractivity contribution >= 4 is 85.1 Å². The van der Waals surface area contributed by atoms with Gasteiger partial charge in [-0.1, -0.05) is 0 Å². The van der Waals surface area contributed by atoms with E-state index in [4.69, 9.17) is 58.2 Å². The highest BCUT2D eigenvalue weighted by atomic mass is 29.3. The summed E-state index contributed by atoms with van der Waals surface area (Å²) in [7, 11) is -32.4. The summed E-state index contributed by atoms with van der Waals surface area (Å²) < 4.78 is 94.0. The van der Waals surface area contributed by atoms with E-state index in [9.17, 15) is 0 Å². The van der Waals surface area contributed by atoms with Gasteiger partial charge in [0.2, 0.25) is 0 Å². The normalized spacial score (nSPS) is 63.0. The predicted molar refractivity (Wildman–Crippen MR) is 143 cm³/mol. The fraction of sp³-hybridized carbons (Fsp3) is 1.00. The molecule has 8 bridgehead atoms. The maximum absolute atomic E-state index is 6.98. The molecule has 208 valence electrons. The van der Waals surface area contributed by atoms with Gasteiger partial charge in [0, 0.05) is 53.5 Å². The van der Waals surface area contributed by atoms with E-state index >= 15 is 0 Å². The fourth-order valence-electron chi connectivity index (χ4n) is 5.46. The molecule has 0 aromatic rings. The molecule has 0 aromatic heterocycles. The molecule has 0 aromatic carbocycles. The molecule has 36 heavy (non-hydrogen) atoms. The SMILES string of the molecule is CO[Si]1(C)O[Si]2(C)O[Si]3(C)O[Si]4(C)O[Si](C)(OC)O[Si]5(C)O[Si]3(C)O[Si](C)(O1)O[Si](C)(O5)[Si](C)(O2)O4. The molecule has 0 N–H and O–H groups in total. The molecule has 0 atom stereocenters. The van der Waals surface area contributed by atoms with E-state index in [1.807, 2.05) is 52.4 Å². The molecule has 6 rings (SSSR count). The second kappa shape index (κ2) is 8.12. The topological polar surface area (TPSA) is 129 Å². The molecule has 6 aliphatic heterocycles. The molecule has 0 saturated carbocycles. The zero-order valence-electron chi connectivity index (χ0n) is 22.7. The van der Waals surface area contributed by atoms with Gasteiger partial charge in [-0.2, -0.15) is 0 Å². The third-order valence-corrected chi connectivity index (χ3v) is 65.1. The number of rotatable bonds is 2. The molecule has 0 aliphatic carbocycles. The van der Waals surface area contributed by atoms with Crippen LogP contribution in [0.4, 0.5) is 0 Å². The van der Waals surface area contributed by atoms with E-state index in [0.717, 1.165) is 0 Å². The Kier molecular flexibility index (Phi) is 6.57. The van der Waals surface area contributed by atoms with E-state index < -0.39 is 85.1 Å². The van der Waals surface area contributed by atoms with Crippen molar-refractivity contribution in [2.24, 2.45) is 0 Å². The highest BCUT2D eigenvalue weighted by Gasteiger charge is 2.83. The largest absolute Gasteiger partial charge is 0.482 e. The van der Waals surface area contributed by atoms with Crippen LogP contribution in [-0.4, -0.2) is 99.4 Å². The quantitative estimate of drug-likeness (QED) is 0.389. The van der Waals surface area contributed by atoms with Crippen LogP contribution in [0.2, 0.25) is 65.5 Å². The molecule has 0 spiro atoms. The molecular formula is C12H36O14Si10. The summed E-state index contributed by atoms with van der Waals surface area (Å²) in [5.41, 5.74) is 0. The Labute approximate surface area is 222 Å². The summed E-state index contributed by atoms with van der Waals surface area (Å²) in [5, 5.41) is 0. The molecule has 6 saturated heterocycles. The molecule has 14 nitrogen and oxygen atoms in total. The molecule has 6 fully saturated rings. The van der Waals surface area contributed by atoms with Crippen LogP contribution in [0, 0.1) is 0 Å². The highest BCUT2D eigenvalue weighted by Crippen LogP contribution is 2.50. The van der Waals surface area contributed by atoms with Gasteiger partial charge in [0.25, 0.3) is 0 Å². The first kappa shape index (κ1) is 29.1. The maximum Gasteiger partial charge on any atom is 0.482 e. The van der Waals surface area contributed by atoms with E-state index in [1.165, 1.54) is 14.2 Å². The molecule has 6 heterocycles. The monoisotopic (exact) mass is 684 g/mol. The van der Waals surface area contributed by atoms with Crippen molar-refractivity contribution in [2.75, 3.05) is 14.2 Å². The Bertz CT molecular complexity index is 794. The van der Waals surface area contributed by atoms with Crippen molar-refractivity contribution in [3.63, 3.8) is 0 Å². The molecular weight excluding hydrogens is 649 g/mol. The van der Waals surface area contributed by atoms with Gasteiger partial charge in [0.15, 0.2) is 0 Å². The van der Waals surface area contributed by atoms with Gasteiger partial charge in [0.1, 0.15) is 0 Å². The molecule has 0 unspecified atom stereocenters. The zero-order chi connectivity index (χ0) is 26.9. The number of hydrogen-bond donors (Lipinski definition) is 0. The second-order valence-corrected chi connectivity index (χ2v) is 50.0. The first-order chi connectivity index (χ1) is 16.1. The summed E-state index contributed by atoms with van der Waals surface area (Å²) in [6.07, 6.45) is 0. The van der Waals surface area contributed by atoms with Crippen molar-refractivity contribution in [1.82, 2.24) is 0 Å². The van der Waals surface area contributed by atoms with Gasteiger partial charge in [0.05, 0.1) is 0 Å². The predicted octanol–water partition coefficient (Wildman–Crippen LogP) is 1.40. The van der Waals surface area contributed by atoms with Gasteiger partial charge in [-0.15, -0.1) is 0 Å². The smallest absolute Gasteiger partial charge is 0.394 e. The van der Waals surface area contributed by atoms with Gasteiger partial charge in [-0.25, -0.2) is 0 Å². The van der Waals surface area contributed by atoms with Gasteiger partial charge in [-0.3, -0.25) is 0 Å². The highest BCUT2D eigenvalue weighted by molar-refractivity contribution is 7.41. The third-order valence-electron chi connectivity index (χ3n) is 6.92. The van der Waals surface area contributed by atoms with Crippen LogP contribution < -0.4 is 0 Å². The standard InChI is InChI=1S/C12H36O14Si10/c1-13-27(3)15-29(5)19-33(9)23-31(7)17-28(4,14-2)18-32(8)25-35(33,11)21-30(6,16-27)22-36(12,26-32)34(10,20-29)24-31/h1-12H3. The number of fused-ring (bicyclic) bond motifs is 4. The van der Waals surface area contributed by atoms with Crippen molar-refractivity contribution in [1.29, 1.82) is 0 Å². The Morgan fingerprint density at radius 1 is 0.306 bits per heavy atom. The van der Waals surface area contributed by atoms with Crippen LogP contribution in [-0.2, 0) is 58.2 Å². The molecule has 24 heteroatoms. The average Bonchev–Trinajstić information content (AvgIpc) is 2.66. The van der Waals surface area contributed by atoms with Gasteiger partial charge in [-0.05, 0) is 26.2 Å². The van der Waals surface area contributed by atoms with Crippen molar-refractivity contribution in [3.05, 3.63) is 0 Å². The van der Waals surface area contributed by atoms with E-state index in [-0.39, 0.29) is 0 Å². The van der Waals surface area contributed by atoms with Crippen LogP contribution in [0.3, 0.4) is 0 Å². The second-order valence-electron chi connectivity index (χ2n) is 10.6. The van der Waals surface area contributed by atoms with Crippen molar-refractivity contribution in [3.8, 4) is 0 Å². The zero-order valence-corrected chi connectivity index (χ0v) is 32.7. The first-order valence-corrected chi connectivity index (χ1v) is 36.2. The lowest BCUT2D eigenvalue weighted by Gasteiger charge is -2.58. The Balaban J connectivity index is 1.88. The minimum Gasteiger partial charge on any atom is -0.394 e. The van der Waals surface area contributed by atoms with Crippen molar-refractivity contribution in [2.45, 2.75) is 65.5 Å². The van der Waals surface area contributed by atoms with Crippen LogP contribution in [0.1, 0.15) is 0 Å². The lowest BCUT2D eigenvalue weighted by Crippen LogP contribution is -2.87. The molecule has 0 amide bonds. The van der Waals surface area contributed by atoms with Crippen LogP contribution >= 0.6 is 0 Å². The van der Waals surface area contributed by atoms with Crippen LogP contribution in [0.5, 0.6) is 0 Å². The Morgan fingerprint density at radius 3 is 0.611 bits per heavy atom. The summed E-state index contributed by atoms with van der Waals surface area (Å²) in [6, 6.07) is 0. The minimum absolute atomic E-state index is 1.54. The average molecular weight is 685 g/mol. The maximum atomic E-state index is 6.98. The van der Waals surface area contributed by atoms with Crippen molar-refractivity contribution < 1.29 is 58.2 Å². The van der Waals surface area contributed by atoms with Crippen LogP contribution in [0.15, 0.2) is 0 Å². The summed E-state index contributed by atoms with van der Waals surface area (Å²) in [6.45, 7) is 18.4. The first-order valence-electron chi connectivity index (χ1n) is 11.6. The van der Waals surface area contributed by atoms with E-state index in [0.29, 0.717) is 0 Å². The Hall–Kier alpha value is 1.61. The lowest BCUT2D eigenvalue weighted by atomic mass is 11.8. The molecule has 6 aliphatic rings. The summed E-state index contributed by atoms with van der Waals surface area (Å²) in [5.74, 6) is 0. The third kappa shape index (κ3) is 4.48. The van der Waals surface area contributed by atoms with E-state index in [1.54, 1.807) is 13.1 Å². The fourth-order valence-corrected chi connectivity index (χ4v) is 82.6. The molecule has 0 radical (unpaired) electrons. The number of hydrogen-bond acceptors (Lipinski definition) is 14. The van der Waals surface area contributed by atoms with Crippen LogP contribution in [0.25, 0.3) is 0 Å². The van der Waals surface area contributed by atoms with Gasteiger partial charge < -0.3 is 58.2 Å². The minimum atomic E-state index is -3.60. The van der Waals surface area contributed by atoms with E-state index in [2.05, 4.69) is 0 Å². The Morgan fingerprint density at radius 2 is 0.472 bits per heavy atom. The van der Waals surface area contributed by atoms with Gasteiger partial charge >= 0.3 is 85.1 Å². The lowest BCUT2D eigenvalue weighted by molar-refractivity contribution is 0.104. The summed E-state index contributed by atoms with van der Waals surface area (Å²) >= 11 is 0.